The summed E-state index contributed by atoms with van der Waals surface area (Å²) in [6.45, 7) is 0.370. The van der Waals surface area contributed by atoms with Crippen molar-refractivity contribution in [1.82, 2.24) is 9.80 Å². The molecule has 6 nitrogen and oxygen atoms in total. The molecule has 6 heteroatoms. The number of para-hydroxylation sites is 1. The summed E-state index contributed by atoms with van der Waals surface area (Å²) in [4.78, 5) is 28.9. The summed E-state index contributed by atoms with van der Waals surface area (Å²) in [5, 5.41) is 12.9. The molecule has 2 aromatic rings. The molecule has 33 heavy (non-hydrogen) atoms. The number of piperazine rings is 1. The van der Waals surface area contributed by atoms with Gasteiger partial charge in [0.25, 0.3) is 0 Å². The fourth-order valence-electron chi connectivity index (χ4n) is 5.42. The van der Waals surface area contributed by atoms with Gasteiger partial charge in [0, 0.05) is 29.6 Å². The number of rotatable bonds is 3. The van der Waals surface area contributed by atoms with Crippen LogP contribution in [0.15, 0.2) is 54.6 Å². The number of hydrogen-bond acceptors (Lipinski definition) is 3. The second kappa shape index (κ2) is 9.29. The van der Waals surface area contributed by atoms with Crippen molar-refractivity contribution in [3.8, 4) is 11.8 Å². The van der Waals surface area contributed by atoms with Crippen molar-refractivity contribution < 1.29 is 14.7 Å². The van der Waals surface area contributed by atoms with Gasteiger partial charge >= 0.3 is 6.03 Å². The van der Waals surface area contributed by atoms with Gasteiger partial charge in [-0.1, -0.05) is 55.0 Å². The van der Waals surface area contributed by atoms with Crippen LogP contribution >= 0.6 is 0 Å². The average Bonchev–Trinajstić information content (AvgIpc) is 3.34. The Bertz CT molecular complexity index is 1070. The minimum atomic E-state index is -0.280. The predicted molar refractivity (Wildman–Crippen MR) is 127 cm³/mol. The SMILES string of the molecule is O=C(Nc1ccccc1)N1CC(=O)N2[C@H](CO)[C@H](c3ccc(C#CC4CCCC4)cc3)[C@@H]2C1. The van der Waals surface area contributed by atoms with E-state index in [1.54, 1.807) is 9.80 Å². The van der Waals surface area contributed by atoms with Gasteiger partial charge in [-0.15, -0.1) is 0 Å². The number of nitrogens with one attached hydrogen (secondary N) is 1. The quantitative estimate of drug-likeness (QED) is 0.714. The van der Waals surface area contributed by atoms with Crippen molar-refractivity contribution in [1.29, 1.82) is 0 Å². The van der Waals surface area contributed by atoms with Crippen molar-refractivity contribution in [2.45, 2.75) is 43.7 Å². The summed E-state index contributed by atoms with van der Waals surface area (Å²) in [6.07, 6.45) is 4.95. The molecule has 2 aromatic carbocycles. The predicted octanol–water partition coefficient (Wildman–Crippen LogP) is 3.43. The molecule has 3 atom stereocenters. The maximum Gasteiger partial charge on any atom is 0.322 e. The van der Waals surface area contributed by atoms with E-state index in [9.17, 15) is 14.7 Å². The summed E-state index contributed by atoms with van der Waals surface area (Å²) in [5.74, 6) is 7.07. The monoisotopic (exact) mass is 443 g/mol. The van der Waals surface area contributed by atoms with Crippen LogP contribution in [-0.2, 0) is 4.79 Å². The second-order valence-electron chi connectivity index (χ2n) is 9.19. The number of aliphatic hydroxyl groups excluding tert-OH is 1. The van der Waals surface area contributed by atoms with Crippen LogP contribution in [0.5, 0.6) is 0 Å². The Labute approximate surface area is 194 Å². The molecule has 2 aliphatic heterocycles. The molecule has 2 saturated heterocycles. The first-order chi connectivity index (χ1) is 16.1. The van der Waals surface area contributed by atoms with Crippen LogP contribution in [0.4, 0.5) is 10.5 Å². The van der Waals surface area contributed by atoms with E-state index in [2.05, 4.69) is 29.3 Å². The number of anilines is 1. The third-order valence-corrected chi connectivity index (χ3v) is 7.14. The smallest absolute Gasteiger partial charge is 0.322 e. The number of aliphatic hydroxyl groups is 1. The lowest BCUT2D eigenvalue weighted by molar-refractivity contribution is -0.159. The molecule has 0 bridgehead atoms. The third kappa shape index (κ3) is 4.34. The largest absolute Gasteiger partial charge is 0.394 e. The Kier molecular flexibility index (Phi) is 6.06. The van der Waals surface area contributed by atoms with Gasteiger partial charge in [-0.25, -0.2) is 4.79 Å². The molecule has 1 saturated carbocycles. The first-order valence-corrected chi connectivity index (χ1v) is 11.8. The molecule has 0 unspecified atom stereocenters. The van der Waals surface area contributed by atoms with Crippen LogP contribution in [-0.4, -0.2) is 58.6 Å². The first-order valence-electron chi connectivity index (χ1n) is 11.8. The van der Waals surface area contributed by atoms with E-state index in [4.69, 9.17) is 0 Å². The number of carbonyl (C=O) groups is 2. The lowest BCUT2D eigenvalue weighted by Gasteiger charge is -2.58. The van der Waals surface area contributed by atoms with Gasteiger partial charge in [0.1, 0.15) is 6.54 Å². The topological polar surface area (TPSA) is 72.9 Å². The number of fused-ring (bicyclic) bond motifs is 1. The van der Waals surface area contributed by atoms with Crippen LogP contribution < -0.4 is 5.32 Å². The minimum absolute atomic E-state index is 0.0110. The fraction of sp³-hybridized carbons (Fsp3) is 0.407. The number of urea groups is 1. The highest BCUT2D eigenvalue weighted by atomic mass is 16.3. The lowest BCUT2D eigenvalue weighted by Crippen LogP contribution is -2.73. The van der Waals surface area contributed by atoms with E-state index >= 15 is 0 Å². The summed E-state index contributed by atoms with van der Waals surface area (Å²) < 4.78 is 0. The number of benzene rings is 2. The molecule has 1 aliphatic carbocycles. The van der Waals surface area contributed by atoms with E-state index in [1.807, 2.05) is 42.5 Å². The highest BCUT2D eigenvalue weighted by Crippen LogP contribution is 2.43. The van der Waals surface area contributed by atoms with E-state index < -0.39 is 0 Å². The van der Waals surface area contributed by atoms with E-state index in [0.717, 1.165) is 11.1 Å². The fourth-order valence-corrected chi connectivity index (χ4v) is 5.42. The first kappa shape index (κ1) is 21.5. The second-order valence-corrected chi connectivity index (χ2v) is 9.19. The Morgan fingerprint density at radius 1 is 1.06 bits per heavy atom. The van der Waals surface area contributed by atoms with Crippen LogP contribution in [0.1, 0.15) is 42.7 Å². The molecule has 0 radical (unpaired) electrons. The molecule has 3 amide bonds. The minimum Gasteiger partial charge on any atom is -0.394 e. The summed E-state index contributed by atoms with van der Waals surface area (Å²) in [7, 11) is 0. The van der Waals surface area contributed by atoms with Crippen molar-refractivity contribution in [3.63, 3.8) is 0 Å². The van der Waals surface area contributed by atoms with E-state index in [1.165, 1.54) is 25.7 Å². The molecule has 3 aliphatic rings. The van der Waals surface area contributed by atoms with Gasteiger partial charge < -0.3 is 20.2 Å². The molecule has 3 fully saturated rings. The zero-order valence-corrected chi connectivity index (χ0v) is 18.6. The average molecular weight is 444 g/mol. The molecule has 2 heterocycles. The zero-order valence-electron chi connectivity index (χ0n) is 18.6. The maximum atomic E-state index is 12.8. The molecule has 0 spiro atoms. The molecule has 5 rings (SSSR count). The highest BCUT2D eigenvalue weighted by Gasteiger charge is 2.54. The number of carbonyl (C=O) groups excluding carboxylic acids is 2. The van der Waals surface area contributed by atoms with Crippen molar-refractivity contribution in [3.05, 3.63) is 65.7 Å². The summed E-state index contributed by atoms with van der Waals surface area (Å²) in [6, 6.07) is 16.7. The van der Waals surface area contributed by atoms with Gasteiger partial charge in [-0.05, 0) is 42.7 Å². The molecule has 2 N–H and O–H groups in total. The lowest BCUT2D eigenvalue weighted by atomic mass is 9.73. The van der Waals surface area contributed by atoms with Crippen molar-refractivity contribution in [2.24, 2.45) is 5.92 Å². The Hall–Kier alpha value is -3.30. The van der Waals surface area contributed by atoms with Gasteiger partial charge in [-0.2, -0.15) is 0 Å². The number of nitrogens with zero attached hydrogens (tertiary/aromatic N) is 2. The molecule has 0 aromatic heterocycles. The van der Waals surface area contributed by atoms with Crippen LogP contribution in [0.25, 0.3) is 0 Å². The third-order valence-electron chi connectivity index (χ3n) is 7.14. The van der Waals surface area contributed by atoms with E-state index in [-0.39, 0.29) is 43.1 Å². The van der Waals surface area contributed by atoms with Crippen LogP contribution in [0.2, 0.25) is 0 Å². The number of amides is 3. The maximum absolute atomic E-state index is 12.8. The zero-order chi connectivity index (χ0) is 22.8. The molecule has 170 valence electrons. The van der Waals surface area contributed by atoms with Crippen molar-refractivity contribution in [2.75, 3.05) is 25.0 Å². The molecular weight excluding hydrogens is 414 g/mol. The van der Waals surface area contributed by atoms with Gasteiger partial charge in [0.15, 0.2) is 0 Å². The van der Waals surface area contributed by atoms with Crippen LogP contribution in [0, 0.1) is 17.8 Å². The summed E-state index contributed by atoms with van der Waals surface area (Å²) in [5.41, 5.74) is 2.76. The van der Waals surface area contributed by atoms with Gasteiger partial charge in [0.05, 0.1) is 18.7 Å². The molecular formula is C27H29N3O3. The number of hydrogen-bond donors (Lipinski definition) is 2. The van der Waals surface area contributed by atoms with E-state index in [0.29, 0.717) is 18.2 Å². The van der Waals surface area contributed by atoms with Gasteiger partial charge in [-0.3, -0.25) is 4.79 Å². The summed E-state index contributed by atoms with van der Waals surface area (Å²) >= 11 is 0. The highest BCUT2D eigenvalue weighted by molar-refractivity contribution is 5.93. The Morgan fingerprint density at radius 2 is 1.79 bits per heavy atom. The van der Waals surface area contributed by atoms with Crippen LogP contribution in [0.3, 0.4) is 0 Å². The van der Waals surface area contributed by atoms with Gasteiger partial charge in [0.2, 0.25) is 5.91 Å². The standard InChI is InChI=1S/C27H29N3O3/c31-18-24-26(21-14-12-20(13-15-21)11-10-19-6-4-5-7-19)23-16-29(17-25(32)30(23)24)27(33)28-22-8-2-1-3-9-22/h1-3,8-9,12-15,19,23-24,26,31H,4-7,16-18H2,(H,28,33)/t23-,24+,26+/m0/s1. The Balaban J connectivity index is 1.29. The Morgan fingerprint density at radius 3 is 2.48 bits per heavy atom. The van der Waals surface area contributed by atoms with Crippen molar-refractivity contribution >= 4 is 17.6 Å². The normalized spacial score (nSPS) is 24.5.